The predicted octanol–water partition coefficient (Wildman–Crippen LogP) is 4.55. The van der Waals surface area contributed by atoms with Crippen molar-refractivity contribution >= 4 is 33.5 Å². The van der Waals surface area contributed by atoms with Crippen molar-refractivity contribution in [3.05, 3.63) is 65.1 Å². The summed E-state index contributed by atoms with van der Waals surface area (Å²) in [5.41, 5.74) is 3.66. The Labute approximate surface area is 162 Å². The molecule has 0 radical (unpaired) electrons. The van der Waals surface area contributed by atoms with Crippen molar-refractivity contribution in [3.8, 4) is 11.1 Å². The highest BCUT2D eigenvalue weighted by Crippen LogP contribution is 2.28. The SMILES string of the molecule is CCN(CC)C(=O)Nc1ccc2cc(-c3c[nH]c4ccccc34)c(=O)[nH]c2c1. The Hall–Kier alpha value is -3.54. The molecule has 0 aliphatic carbocycles. The van der Waals surface area contributed by atoms with E-state index in [4.69, 9.17) is 0 Å². The van der Waals surface area contributed by atoms with E-state index >= 15 is 0 Å². The molecule has 0 spiro atoms. The molecule has 0 saturated carbocycles. The lowest BCUT2D eigenvalue weighted by molar-refractivity contribution is 0.217. The van der Waals surface area contributed by atoms with Crippen LogP contribution in [0.1, 0.15) is 13.8 Å². The van der Waals surface area contributed by atoms with Crippen molar-refractivity contribution < 1.29 is 4.79 Å². The topological polar surface area (TPSA) is 81.0 Å². The van der Waals surface area contributed by atoms with Crippen LogP contribution in [0.3, 0.4) is 0 Å². The number of anilines is 1. The Morgan fingerprint density at radius 3 is 2.57 bits per heavy atom. The van der Waals surface area contributed by atoms with Crippen molar-refractivity contribution in [1.82, 2.24) is 14.9 Å². The van der Waals surface area contributed by atoms with Crippen LogP contribution >= 0.6 is 0 Å². The molecular weight excluding hydrogens is 352 g/mol. The highest BCUT2D eigenvalue weighted by atomic mass is 16.2. The summed E-state index contributed by atoms with van der Waals surface area (Å²) in [7, 11) is 0. The summed E-state index contributed by atoms with van der Waals surface area (Å²) in [5.74, 6) is 0. The molecule has 28 heavy (non-hydrogen) atoms. The number of hydrogen-bond acceptors (Lipinski definition) is 2. The number of carbonyl (C=O) groups is 1. The zero-order valence-electron chi connectivity index (χ0n) is 15.9. The molecule has 0 aliphatic heterocycles. The van der Waals surface area contributed by atoms with E-state index in [2.05, 4.69) is 15.3 Å². The van der Waals surface area contributed by atoms with Crippen molar-refractivity contribution in [2.45, 2.75) is 13.8 Å². The Bertz CT molecular complexity index is 1220. The molecule has 4 aromatic rings. The second kappa shape index (κ2) is 7.23. The van der Waals surface area contributed by atoms with E-state index in [0.717, 1.165) is 21.9 Å². The monoisotopic (exact) mass is 374 g/mol. The first kappa shape index (κ1) is 17.9. The number of nitrogens with one attached hydrogen (secondary N) is 3. The van der Waals surface area contributed by atoms with Crippen molar-refractivity contribution in [1.29, 1.82) is 0 Å². The normalized spacial score (nSPS) is 11.1. The molecule has 6 heteroatoms. The van der Waals surface area contributed by atoms with Crippen molar-refractivity contribution in [3.63, 3.8) is 0 Å². The van der Waals surface area contributed by atoms with Crippen LogP contribution in [0, 0.1) is 0 Å². The lowest BCUT2D eigenvalue weighted by Crippen LogP contribution is -2.34. The number of H-pyrrole nitrogens is 2. The zero-order chi connectivity index (χ0) is 19.7. The third kappa shape index (κ3) is 3.13. The van der Waals surface area contributed by atoms with Gasteiger partial charge in [0.25, 0.3) is 5.56 Å². The van der Waals surface area contributed by atoms with Crippen LogP contribution in [0.5, 0.6) is 0 Å². The number of aromatic nitrogens is 2. The van der Waals surface area contributed by atoms with Gasteiger partial charge in [0.15, 0.2) is 0 Å². The first-order valence-electron chi connectivity index (χ1n) is 9.40. The van der Waals surface area contributed by atoms with Gasteiger partial charge in [-0.3, -0.25) is 4.79 Å². The number of aromatic amines is 2. The minimum Gasteiger partial charge on any atom is -0.361 e. The van der Waals surface area contributed by atoms with Gasteiger partial charge in [0, 0.05) is 47.0 Å². The van der Waals surface area contributed by atoms with E-state index < -0.39 is 0 Å². The van der Waals surface area contributed by atoms with Gasteiger partial charge < -0.3 is 20.2 Å². The number of carbonyl (C=O) groups excluding carboxylic acids is 1. The Kier molecular flexibility index (Phi) is 4.61. The molecule has 2 aromatic carbocycles. The summed E-state index contributed by atoms with van der Waals surface area (Å²) in [6, 6.07) is 15.2. The lowest BCUT2D eigenvalue weighted by atomic mass is 10.0. The largest absolute Gasteiger partial charge is 0.361 e. The maximum Gasteiger partial charge on any atom is 0.321 e. The summed E-state index contributed by atoms with van der Waals surface area (Å²) in [4.78, 5) is 32.9. The summed E-state index contributed by atoms with van der Waals surface area (Å²) >= 11 is 0. The molecule has 3 N–H and O–H groups in total. The average molecular weight is 374 g/mol. The predicted molar refractivity (Wildman–Crippen MR) is 114 cm³/mol. The Balaban J connectivity index is 1.72. The van der Waals surface area contributed by atoms with E-state index in [1.165, 1.54) is 0 Å². The van der Waals surface area contributed by atoms with E-state index in [0.29, 0.717) is 29.9 Å². The number of amides is 2. The van der Waals surface area contributed by atoms with Crippen LogP contribution in [0.25, 0.3) is 32.9 Å². The summed E-state index contributed by atoms with van der Waals surface area (Å²) in [6.45, 7) is 5.15. The highest BCUT2D eigenvalue weighted by molar-refractivity contribution is 5.98. The number of benzene rings is 2. The van der Waals surface area contributed by atoms with Gasteiger partial charge in [-0.05, 0) is 43.5 Å². The van der Waals surface area contributed by atoms with E-state index in [1.54, 1.807) is 11.0 Å². The van der Waals surface area contributed by atoms with Crippen molar-refractivity contribution in [2.75, 3.05) is 18.4 Å². The highest BCUT2D eigenvalue weighted by Gasteiger charge is 2.12. The van der Waals surface area contributed by atoms with E-state index in [1.807, 2.05) is 62.5 Å². The molecule has 2 aromatic heterocycles. The Morgan fingerprint density at radius 2 is 1.79 bits per heavy atom. The van der Waals surface area contributed by atoms with Crippen LogP contribution in [0.4, 0.5) is 10.5 Å². The van der Waals surface area contributed by atoms with Crippen LogP contribution in [-0.4, -0.2) is 34.0 Å². The van der Waals surface area contributed by atoms with Gasteiger partial charge in [0.1, 0.15) is 0 Å². The number of rotatable bonds is 4. The molecule has 0 bridgehead atoms. The zero-order valence-corrected chi connectivity index (χ0v) is 15.9. The molecular formula is C22H22N4O2. The number of pyridine rings is 1. The third-order valence-corrected chi connectivity index (χ3v) is 5.03. The van der Waals surface area contributed by atoms with Crippen LogP contribution in [0.15, 0.2) is 59.5 Å². The quantitative estimate of drug-likeness (QED) is 0.490. The summed E-state index contributed by atoms with van der Waals surface area (Å²) in [5, 5.41) is 4.79. The smallest absolute Gasteiger partial charge is 0.321 e. The molecule has 0 atom stereocenters. The molecule has 2 amide bonds. The van der Waals surface area contributed by atoms with Gasteiger partial charge in [-0.1, -0.05) is 24.3 Å². The number of urea groups is 1. The fourth-order valence-corrected chi connectivity index (χ4v) is 3.49. The van der Waals surface area contributed by atoms with Crippen molar-refractivity contribution in [2.24, 2.45) is 0 Å². The number of para-hydroxylation sites is 1. The molecule has 6 nitrogen and oxygen atoms in total. The van der Waals surface area contributed by atoms with Gasteiger partial charge in [0.05, 0.1) is 5.52 Å². The average Bonchev–Trinajstić information content (AvgIpc) is 3.12. The molecule has 0 aliphatic rings. The van der Waals surface area contributed by atoms with Gasteiger partial charge in [-0.25, -0.2) is 4.79 Å². The fraction of sp³-hybridized carbons (Fsp3) is 0.182. The molecule has 0 fully saturated rings. The van der Waals surface area contributed by atoms with Crippen LogP contribution in [-0.2, 0) is 0 Å². The second-order valence-corrected chi connectivity index (χ2v) is 6.66. The van der Waals surface area contributed by atoms with Crippen LogP contribution < -0.4 is 10.9 Å². The minimum absolute atomic E-state index is 0.151. The number of hydrogen-bond donors (Lipinski definition) is 3. The van der Waals surface area contributed by atoms with E-state index in [-0.39, 0.29) is 11.6 Å². The molecule has 0 saturated heterocycles. The molecule has 142 valence electrons. The summed E-state index contributed by atoms with van der Waals surface area (Å²) in [6.07, 6.45) is 1.86. The number of nitrogens with zero attached hydrogens (tertiary/aromatic N) is 1. The maximum atomic E-state index is 12.7. The summed E-state index contributed by atoms with van der Waals surface area (Å²) < 4.78 is 0. The first-order valence-corrected chi connectivity index (χ1v) is 9.40. The standard InChI is InChI=1S/C22H22N4O2/c1-3-26(4-2)22(28)24-15-10-9-14-11-17(21(27)25-20(14)12-15)18-13-23-19-8-6-5-7-16(18)19/h5-13,23H,3-4H2,1-2H3,(H,24,28)(H,25,27). The van der Waals surface area contributed by atoms with Gasteiger partial charge in [0.2, 0.25) is 0 Å². The van der Waals surface area contributed by atoms with Gasteiger partial charge >= 0.3 is 6.03 Å². The Morgan fingerprint density at radius 1 is 1.00 bits per heavy atom. The van der Waals surface area contributed by atoms with Gasteiger partial charge in [-0.2, -0.15) is 0 Å². The van der Waals surface area contributed by atoms with Gasteiger partial charge in [-0.15, -0.1) is 0 Å². The van der Waals surface area contributed by atoms with Crippen LogP contribution in [0.2, 0.25) is 0 Å². The second-order valence-electron chi connectivity index (χ2n) is 6.66. The third-order valence-electron chi connectivity index (χ3n) is 5.03. The lowest BCUT2D eigenvalue weighted by Gasteiger charge is -2.19. The maximum absolute atomic E-state index is 12.7. The number of fused-ring (bicyclic) bond motifs is 2. The molecule has 0 unspecified atom stereocenters. The molecule has 4 rings (SSSR count). The fourth-order valence-electron chi connectivity index (χ4n) is 3.49. The minimum atomic E-state index is -0.163. The van der Waals surface area contributed by atoms with E-state index in [9.17, 15) is 9.59 Å². The molecule has 2 heterocycles. The first-order chi connectivity index (χ1) is 13.6.